The van der Waals surface area contributed by atoms with E-state index in [2.05, 4.69) is 36.9 Å². The Morgan fingerprint density at radius 1 is 0.574 bits per heavy atom. The van der Waals surface area contributed by atoms with E-state index in [1.165, 1.54) is 35.1 Å². The van der Waals surface area contributed by atoms with Gasteiger partial charge in [0.15, 0.2) is 0 Å². The highest BCUT2D eigenvalue weighted by atomic mass is 16.6. The number of amides is 9. The van der Waals surface area contributed by atoms with E-state index in [-0.39, 0.29) is 64.1 Å². The molecule has 0 unspecified atom stereocenters. The minimum atomic E-state index is -1.74. The molecule has 0 radical (unpaired) electrons. The van der Waals surface area contributed by atoms with Gasteiger partial charge in [-0.2, -0.15) is 0 Å². The number of aliphatic imine (C=N–C) groups is 1. The van der Waals surface area contributed by atoms with Gasteiger partial charge in [0.2, 0.25) is 41.4 Å². The van der Waals surface area contributed by atoms with E-state index in [1.807, 2.05) is 78.9 Å². The van der Waals surface area contributed by atoms with Gasteiger partial charge in [0.25, 0.3) is 0 Å². The molecule has 27 nitrogen and oxygen atoms in total. The van der Waals surface area contributed by atoms with Gasteiger partial charge < -0.3 is 76.0 Å². The van der Waals surface area contributed by atoms with Crippen molar-refractivity contribution in [3.63, 3.8) is 0 Å². The quantitative estimate of drug-likeness (QED) is 0.00872. The summed E-state index contributed by atoms with van der Waals surface area (Å²) in [5.41, 5.74) is 12.0. The number of aliphatic hydroxyl groups is 1. The van der Waals surface area contributed by atoms with E-state index in [0.29, 0.717) is 22.4 Å². The number of carboxylic acid groups (broad SMARTS) is 1. The van der Waals surface area contributed by atoms with Crippen molar-refractivity contribution < 1.29 is 81.8 Å². The molecule has 0 spiro atoms. The number of ether oxygens (including phenoxy) is 5. The lowest BCUT2D eigenvalue weighted by molar-refractivity contribution is -0.152. The van der Waals surface area contributed by atoms with Crippen LogP contribution in [0.5, 0.6) is 5.75 Å². The van der Waals surface area contributed by atoms with Gasteiger partial charge in [-0.1, -0.05) is 166 Å². The topological polar surface area (TPSA) is 374 Å². The largest absolute Gasteiger partial charge is 0.489 e. The Morgan fingerprint density at radius 2 is 1.12 bits per heavy atom. The number of fused-ring (bicyclic) bond motifs is 3. The molecule has 27 heteroatoms. The van der Waals surface area contributed by atoms with Crippen molar-refractivity contribution in [3.8, 4) is 16.9 Å². The lowest BCUT2D eigenvalue weighted by Crippen LogP contribution is -2.61. The number of hydrogen-bond acceptors (Lipinski definition) is 16. The molecule has 6 aromatic carbocycles. The maximum atomic E-state index is 15.2. The van der Waals surface area contributed by atoms with Crippen LogP contribution in [0.3, 0.4) is 0 Å². The van der Waals surface area contributed by atoms with Gasteiger partial charge in [0, 0.05) is 40.1 Å². The molecule has 9 amide bonds. The second kappa shape index (κ2) is 38.2. The summed E-state index contributed by atoms with van der Waals surface area (Å²) in [4.78, 5) is 145. The number of primary amides is 1. The highest BCUT2D eigenvalue weighted by molar-refractivity contribution is 5.99. The predicted molar refractivity (Wildman–Crippen MR) is 372 cm³/mol. The fourth-order valence-electron chi connectivity index (χ4n) is 11.2. The van der Waals surface area contributed by atoms with Crippen molar-refractivity contribution in [3.05, 3.63) is 197 Å². The molecular formula is C74H88N10O17. The molecule has 0 fully saturated rings. The highest BCUT2D eigenvalue weighted by Gasteiger charge is 2.41. The zero-order valence-corrected chi connectivity index (χ0v) is 57.4. The summed E-state index contributed by atoms with van der Waals surface area (Å²) in [7, 11) is 3.74. The summed E-state index contributed by atoms with van der Waals surface area (Å²) in [6, 6.07) is 39.1. The SMILES string of the molecule is CO[C@H](c1ccc(OCc2ccccc2)cc1)[C@@H](NC(=O)[C@H](CCC(N)=O)N(C)C(=O)[C@H](CC(C)C)NC(=O)[C@@H](CCCN/C(=N\C(=O)OCc1ccccc1)NC(=O)OCc1ccccc1)NC(=O)[C@H](NC(=O)OCC1c2ccccc2-c2ccccc21)[C@@H](C)O)C(=O)N(C)[C@@H](C)C(=O)O. The zero-order valence-electron chi connectivity index (χ0n) is 57.4. The van der Waals surface area contributed by atoms with E-state index in [0.717, 1.165) is 37.6 Å². The van der Waals surface area contributed by atoms with Gasteiger partial charge in [-0.25, -0.2) is 19.2 Å². The average molecular weight is 1390 g/mol. The molecule has 0 aromatic heterocycles. The third-order valence-corrected chi connectivity index (χ3v) is 16.8. The number of aliphatic carboxylic acids is 1. The van der Waals surface area contributed by atoms with Crippen molar-refractivity contribution in [1.82, 2.24) is 41.7 Å². The number of nitrogens with zero attached hydrogens (tertiary/aromatic N) is 3. The maximum absolute atomic E-state index is 15.2. The van der Waals surface area contributed by atoms with E-state index in [4.69, 9.17) is 29.4 Å². The Balaban J connectivity index is 1.14. The van der Waals surface area contributed by atoms with Crippen LogP contribution in [0.1, 0.15) is 105 Å². The Bertz CT molecular complexity index is 3780. The molecular weight excluding hydrogens is 1300 g/mol. The second-order valence-electron chi connectivity index (χ2n) is 24.6. The normalized spacial score (nSPS) is 14.0. The van der Waals surface area contributed by atoms with E-state index in [1.54, 1.807) is 98.8 Å². The van der Waals surface area contributed by atoms with Gasteiger partial charge >= 0.3 is 24.2 Å². The molecule has 7 rings (SSSR count). The number of carboxylic acids is 1. The summed E-state index contributed by atoms with van der Waals surface area (Å²) >= 11 is 0. The smallest absolute Gasteiger partial charge is 0.437 e. The van der Waals surface area contributed by atoms with Crippen molar-refractivity contribution in [2.24, 2.45) is 16.6 Å². The molecule has 1 aliphatic rings. The molecule has 0 aliphatic heterocycles. The lowest BCUT2D eigenvalue weighted by Gasteiger charge is -2.35. The van der Waals surface area contributed by atoms with Crippen molar-refractivity contribution in [1.29, 1.82) is 0 Å². The average Bonchev–Trinajstić information content (AvgIpc) is 1.65. The number of carbonyl (C=O) groups is 10. The van der Waals surface area contributed by atoms with Crippen molar-refractivity contribution >= 4 is 65.7 Å². The number of likely N-dealkylation sites (N-methyl/N-ethyl adjacent to an activating group) is 2. The number of carbonyl (C=O) groups excluding carboxylic acids is 9. The third-order valence-electron chi connectivity index (χ3n) is 16.8. The number of hydrogen-bond donors (Lipinski definition) is 9. The Labute approximate surface area is 585 Å². The van der Waals surface area contributed by atoms with Crippen LogP contribution in [0, 0.1) is 5.92 Å². The van der Waals surface area contributed by atoms with Crippen molar-refractivity contribution in [2.45, 2.75) is 134 Å². The number of methoxy groups -OCH3 is 1. The molecule has 0 heterocycles. The molecule has 10 N–H and O–H groups in total. The minimum Gasteiger partial charge on any atom is -0.489 e. The molecule has 8 atom stereocenters. The van der Waals surface area contributed by atoms with Gasteiger partial charge in [-0.05, 0) is 102 Å². The molecule has 6 aromatic rings. The number of guanidine groups is 1. The Hall–Kier alpha value is -11.2. The Kier molecular flexibility index (Phi) is 29.2. The molecule has 101 heavy (non-hydrogen) atoms. The number of alkyl carbamates (subject to hydrolysis) is 2. The van der Waals surface area contributed by atoms with Gasteiger partial charge in [-0.15, -0.1) is 4.99 Å². The number of benzene rings is 6. The molecule has 0 saturated heterocycles. The van der Waals surface area contributed by atoms with Crippen molar-refractivity contribution in [2.75, 3.05) is 34.4 Å². The number of nitrogens with one attached hydrogen (secondary N) is 6. The van der Waals surface area contributed by atoms with Crippen LogP contribution < -0.4 is 42.4 Å². The monoisotopic (exact) mass is 1390 g/mol. The van der Waals surface area contributed by atoms with E-state index < -0.39 is 127 Å². The molecule has 0 saturated carbocycles. The lowest BCUT2D eigenvalue weighted by atomic mass is 9.98. The molecule has 0 bridgehead atoms. The number of rotatable bonds is 34. The van der Waals surface area contributed by atoms with E-state index in [9.17, 15) is 48.6 Å². The first-order valence-electron chi connectivity index (χ1n) is 33.0. The van der Waals surface area contributed by atoms with Crippen LogP contribution >= 0.6 is 0 Å². The van der Waals surface area contributed by atoms with Crippen LogP contribution in [0.15, 0.2) is 169 Å². The first-order valence-corrected chi connectivity index (χ1v) is 33.0. The second-order valence-corrected chi connectivity index (χ2v) is 24.6. The highest BCUT2D eigenvalue weighted by Crippen LogP contribution is 2.44. The summed E-state index contributed by atoms with van der Waals surface area (Å²) < 4.78 is 28.3. The summed E-state index contributed by atoms with van der Waals surface area (Å²) in [6.07, 6.45) is -7.43. The molecule has 1 aliphatic carbocycles. The van der Waals surface area contributed by atoms with Crippen LogP contribution in [-0.2, 0) is 72.3 Å². The number of aliphatic hydroxyl groups excluding tert-OH is 1. The third kappa shape index (κ3) is 22.9. The van der Waals surface area contributed by atoms with E-state index >= 15 is 9.59 Å². The predicted octanol–water partition coefficient (Wildman–Crippen LogP) is 6.75. The standard InChI is InChI=1S/C74H88N10O17/c1-45(2)40-59(68(90)84(6)60(37-38-61(75)86)66(88)79-63(69(91)83(5)46(3)70(92)93)64(97-7)51-33-35-52(36-34-51)98-41-48-22-11-8-12-23-48)78-65(87)58(77-67(89)62(47(4)85)80-72(94)101-44-57-55-30-19-17-28-53(55)54-29-18-20-31-56(54)57)32-21-39-76-71(81-73(95)99-42-49-24-13-9-14-25-49)82-74(96)100-43-50-26-15-10-16-27-50/h8-20,22-31,33-36,45-47,57-60,62-64,85H,21,32,37-44H2,1-7H3,(H2,75,86)(H,77,89)(H,78,87)(H,79,88)(H,80,94)(H,92,93)(H2,76,81,82,95,96)/t46-,47+,58+,59-,60-,62+,63+,64+/m0/s1. The number of nitrogens with two attached hydrogens (primary N) is 1. The first kappa shape index (κ1) is 77.2. The summed E-state index contributed by atoms with van der Waals surface area (Å²) in [5, 5.41) is 36.8. The fourth-order valence-corrected chi connectivity index (χ4v) is 11.2. The minimum absolute atomic E-state index is 0.0800. The Morgan fingerprint density at radius 3 is 1.66 bits per heavy atom. The first-order chi connectivity index (χ1) is 48.4. The van der Waals surface area contributed by atoms with Crippen LogP contribution in [-0.4, -0.2) is 162 Å². The fraction of sp³-hybridized carbons (Fsp3) is 0.365. The summed E-state index contributed by atoms with van der Waals surface area (Å²) in [6.45, 7) is 5.58. The van der Waals surface area contributed by atoms with Gasteiger partial charge in [0.1, 0.15) is 74.5 Å². The summed E-state index contributed by atoms with van der Waals surface area (Å²) in [5.74, 6) is -7.75. The molecule has 536 valence electrons. The van der Waals surface area contributed by atoms with Crippen LogP contribution in [0.2, 0.25) is 0 Å². The van der Waals surface area contributed by atoms with Gasteiger partial charge in [0.05, 0.1) is 6.10 Å². The maximum Gasteiger partial charge on any atom is 0.437 e. The van der Waals surface area contributed by atoms with Gasteiger partial charge in [-0.3, -0.25) is 34.1 Å². The van der Waals surface area contributed by atoms with Crippen LogP contribution in [0.4, 0.5) is 14.4 Å². The zero-order chi connectivity index (χ0) is 73.1. The van der Waals surface area contributed by atoms with Crippen LogP contribution in [0.25, 0.3) is 11.1 Å².